The first-order chi connectivity index (χ1) is 11.8. The summed E-state index contributed by atoms with van der Waals surface area (Å²) in [5.41, 5.74) is 0.522. The fourth-order valence-electron chi connectivity index (χ4n) is 3.72. The normalized spacial score (nSPS) is 19.6. The SMILES string of the molecule is CS(=O)(=O)C1(C(=O)N2CCN(c3ccccc3F)CC2)CCNCC1.Cl.Cl. The maximum Gasteiger partial charge on any atom is 0.244 e. The number of para-hydroxylation sites is 1. The summed E-state index contributed by atoms with van der Waals surface area (Å²) in [6, 6.07) is 6.56. The molecule has 0 aromatic heterocycles. The Balaban J connectivity index is 0.00000182. The van der Waals surface area contributed by atoms with Crippen molar-refractivity contribution in [1.29, 1.82) is 0 Å². The van der Waals surface area contributed by atoms with Gasteiger partial charge in [-0.25, -0.2) is 12.8 Å². The Morgan fingerprint density at radius 2 is 1.63 bits per heavy atom. The molecule has 2 saturated heterocycles. The van der Waals surface area contributed by atoms with Gasteiger partial charge in [0.1, 0.15) is 5.82 Å². The van der Waals surface area contributed by atoms with Crippen LogP contribution in [0.4, 0.5) is 10.1 Å². The van der Waals surface area contributed by atoms with Crippen molar-refractivity contribution in [2.45, 2.75) is 17.6 Å². The van der Waals surface area contributed by atoms with Crippen LogP contribution in [0.2, 0.25) is 0 Å². The average molecular weight is 442 g/mol. The number of carbonyl (C=O) groups is 1. The van der Waals surface area contributed by atoms with E-state index in [0.717, 1.165) is 6.26 Å². The van der Waals surface area contributed by atoms with E-state index >= 15 is 0 Å². The summed E-state index contributed by atoms with van der Waals surface area (Å²) < 4.78 is 37.4. The van der Waals surface area contributed by atoms with Crippen LogP contribution < -0.4 is 10.2 Å². The van der Waals surface area contributed by atoms with Gasteiger partial charge in [0.2, 0.25) is 5.91 Å². The molecular formula is C17H26Cl2FN3O3S. The van der Waals surface area contributed by atoms with Crippen LogP contribution in [0.5, 0.6) is 0 Å². The Labute approximate surface area is 172 Å². The van der Waals surface area contributed by atoms with Crippen LogP contribution in [0, 0.1) is 5.82 Å². The monoisotopic (exact) mass is 441 g/mol. The van der Waals surface area contributed by atoms with Gasteiger partial charge in [-0.3, -0.25) is 4.79 Å². The fourth-order valence-corrected chi connectivity index (χ4v) is 5.11. The third-order valence-corrected chi connectivity index (χ3v) is 7.27. The molecule has 154 valence electrons. The lowest BCUT2D eigenvalue weighted by molar-refractivity contribution is -0.135. The van der Waals surface area contributed by atoms with Crippen molar-refractivity contribution in [3.05, 3.63) is 30.1 Å². The molecule has 1 N–H and O–H groups in total. The first kappa shape index (κ1) is 23.9. The zero-order valence-corrected chi connectivity index (χ0v) is 17.6. The van der Waals surface area contributed by atoms with E-state index in [2.05, 4.69) is 5.32 Å². The lowest BCUT2D eigenvalue weighted by Crippen LogP contribution is -2.61. The number of hydrogen-bond donors (Lipinski definition) is 1. The summed E-state index contributed by atoms with van der Waals surface area (Å²) in [5, 5.41) is 3.12. The molecule has 3 rings (SSSR count). The van der Waals surface area contributed by atoms with E-state index in [9.17, 15) is 17.6 Å². The Hall–Kier alpha value is -1.09. The van der Waals surface area contributed by atoms with E-state index in [-0.39, 0.29) is 36.5 Å². The highest BCUT2D eigenvalue weighted by Crippen LogP contribution is 2.31. The summed E-state index contributed by atoms with van der Waals surface area (Å²) in [5.74, 6) is -0.585. The lowest BCUT2D eigenvalue weighted by Gasteiger charge is -2.42. The van der Waals surface area contributed by atoms with Crippen LogP contribution in [-0.2, 0) is 14.6 Å². The second-order valence-electron chi connectivity index (χ2n) is 6.75. The molecule has 0 radical (unpaired) electrons. The van der Waals surface area contributed by atoms with Gasteiger partial charge in [0.25, 0.3) is 0 Å². The summed E-state index contributed by atoms with van der Waals surface area (Å²) >= 11 is 0. The molecule has 2 aliphatic heterocycles. The zero-order valence-electron chi connectivity index (χ0n) is 15.2. The molecule has 2 aliphatic rings. The van der Waals surface area contributed by atoms with Crippen molar-refractivity contribution in [2.24, 2.45) is 0 Å². The smallest absolute Gasteiger partial charge is 0.244 e. The number of hydrogen-bond acceptors (Lipinski definition) is 5. The maximum atomic E-state index is 13.9. The fraction of sp³-hybridized carbons (Fsp3) is 0.588. The van der Waals surface area contributed by atoms with E-state index in [4.69, 9.17) is 0 Å². The number of sulfone groups is 1. The van der Waals surface area contributed by atoms with Crippen molar-refractivity contribution >= 4 is 46.2 Å². The minimum absolute atomic E-state index is 0. The Bertz CT molecular complexity index is 750. The van der Waals surface area contributed by atoms with E-state index in [1.165, 1.54) is 6.07 Å². The Morgan fingerprint density at radius 1 is 1.07 bits per heavy atom. The number of rotatable bonds is 3. The molecule has 0 bridgehead atoms. The number of benzene rings is 1. The Morgan fingerprint density at radius 3 is 2.15 bits per heavy atom. The Kier molecular flexibility index (Phi) is 8.34. The average Bonchev–Trinajstić information content (AvgIpc) is 2.61. The molecule has 0 unspecified atom stereocenters. The summed E-state index contributed by atoms with van der Waals surface area (Å²) in [6.45, 7) is 2.83. The molecular weight excluding hydrogens is 416 g/mol. The van der Waals surface area contributed by atoms with E-state index in [1.807, 2.05) is 4.90 Å². The molecule has 27 heavy (non-hydrogen) atoms. The van der Waals surface area contributed by atoms with Gasteiger partial charge in [-0.15, -0.1) is 24.8 Å². The van der Waals surface area contributed by atoms with Crippen molar-refractivity contribution in [2.75, 3.05) is 50.4 Å². The van der Waals surface area contributed by atoms with Gasteiger partial charge in [-0.2, -0.15) is 0 Å². The lowest BCUT2D eigenvalue weighted by atomic mass is 9.94. The first-order valence-electron chi connectivity index (χ1n) is 8.54. The predicted octanol–water partition coefficient (Wildman–Crippen LogP) is 1.48. The van der Waals surface area contributed by atoms with Crippen LogP contribution in [-0.4, -0.2) is 69.5 Å². The summed E-state index contributed by atoms with van der Waals surface area (Å²) in [4.78, 5) is 16.6. The largest absolute Gasteiger partial charge is 0.366 e. The van der Waals surface area contributed by atoms with Crippen LogP contribution >= 0.6 is 24.8 Å². The van der Waals surface area contributed by atoms with Crippen molar-refractivity contribution in [1.82, 2.24) is 10.2 Å². The van der Waals surface area contributed by atoms with Gasteiger partial charge in [0, 0.05) is 32.4 Å². The molecule has 6 nitrogen and oxygen atoms in total. The van der Waals surface area contributed by atoms with Crippen LogP contribution in [0.3, 0.4) is 0 Å². The maximum absolute atomic E-state index is 13.9. The number of nitrogens with one attached hydrogen (secondary N) is 1. The minimum atomic E-state index is -3.51. The molecule has 0 aliphatic carbocycles. The topological polar surface area (TPSA) is 69.7 Å². The summed E-state index contributed by atoms with van der Waals surface area (Å²) in [6.07, 6.45) is 1.77. The van der Waals surface area contributed by atoms with Crippen LogP contribution in [0.1, 0.15) is 12.8 Å². The molecule has 1 amide bonds. The molecule has 1 aromatic carbocycles. The van der Waals surface area contributed by atoms with Crippen LogP contribution in [0.15, 0.2) is 24.3 Å². The van der Waals surface area contributed by atoms with E-state index < -0.39 is 14.6 Å². The number of halogens is 3. The third-order valence-electron chi connectivity index (χ3n) is 5.27. The molecule has 2 fully saturated rings. The molecule has 0 saturated carbocycles. The second-order valence-corrected chi connectivity index (χ2v) is 9.07. The molecule has 0 spiro atoms. The summed E-state index contributed by atoms with van der Waals surface area (Å²) in [7, 11) is -3.51. The van der Waals surface area contributed by atoms with Gasteiger partial charge in [0.05, 0.1) is 5.69 Å². The highest BCUT2D eigenvalue weighted by atomic mass is 35.5. The molecule has 1 aromatic rings. The highest BCUT2D eigenvalue weighted by molar-refractivity contribution is 7.92. The zero-order chi connectivity index (χ0) is 18.1. The van der Waals surface area contributed by atoms with E-state index in [0.29, 0.717) is 57.8 Å². The van der Waals surface area contributed by atoms with Crippen molar-refractivity contribution in [3.63, 3.8) is 0 Å². The number of piperazine rings is 1. The van der Waals surface area contributed by atoms with Gasteiger partial charge < -0.3 is 15.1 Å². The highest BCUT2D eigenvalue weighted by Gasteiger charge is 2.50. The predicted molar refractivity (Wildman–Crippen MR) is 109 cm³/mol. The van der Waals surface area contributed by atoms with Gasteiger partial charge >= 0.3 is 0 Å². The van der Waals surface area contributed by atoms with Gasteiger partial charge in [-0.1, -0.05) is 12.1 Å². The van der Waals surface area contributed by atoms with Gasteiger partial charge in [0.15, 0.2) is 14.6 Å². The number of amides is 1. The standard InChI is InChI=1S/C17H24FN3O3S.2ClH/c1-25(23,24)17(6-8-19-9-7-17)16(22)21-12-10-20(11-13-21)15-5-3-2-4-14(15)18;;/h2-5,19H,6-13H2,1H3;2*1H. The third kappa shape index (κ3) is 4.67. The number of piperidine rings is 1. The first-order valence-corrected chi connectivity index (χ1v) is 10.4. The van der Waals surface area contributed by atoms with Gasteiger partial charge in [-0.05, 0) is 38.1 Å². The number of nitrogens with zero attached hydrogens (tertiary/aromatic N) is 2. The number of anilines is 1. The quantitative estimate of drug-likeness (QED) is 0.768. The molecule has 2 heterocycles. The minimum Gasteiger partial charge on any atom is -0.366 e. The van der Waals surface area contributed by atoms with E-state index in [1.54, 1.807) is 23.1 Å². The second kappa shape index (κ2) is 9.41. The molecule has 0 atom stereocenters. The van der Waals surface area contributed by atoms with Crippen molar-refractivity contribution < 1.29 is 17.6 Å². The van der Waals surface area contributed by atoms with Crippen LogP contribution in [0.25, 0.3) is 0 Å². The van der Waals surface area contributed by atoms with Crippen molar-refractivity contribution in [3.8, 4) is 0 Å². The number of carbonyl (C=O) groups excluding carboxylic acids is 1. The molecule has 10 heteroatoms.